The Morgan fingerprint density at radius 3 is 2.31 bits per heavy atom. The van der Waals surface area contributed by atoms with Gasteiger partial charge in [-0.1, -0.05) is 30.3 Å². The summed E-state index contributed by atoms with van der Waals surface area (Å²) in [6.07, 6.45) is -0.717. The van der Waals surface area contributed by atoms with Gasteiger partial charge in [0.2, 0.25) is 0 Å². The van der Waals surface area contributed by atoms with Gasteiger partial charge in [-0.25, -0.2) is 9.59 Å². The molecule has 0 saturated heterocycles. The Hall–Kier alpha value is -2.57. The first kappa shape index (κ1) is 21.5. The Morgan fingerprint density at radius 1 is 1.08 bits per heavy atom. The summed E-state index contributed by atoms with van der Waals surface area (Å²) in [5.74, 6) is -1.08. The number of esters is 2. The molecular formula is C19H27NO6. The first-order valence-electron chi connectivity index (χ1n) is 8.57. The molecule has 1 amide bonds. The number of hydrogen-bond acceptors (Lipinski definition) is 6. The molecule has 1 aromatic carbocycles. The molecule has 0 aliphatic carbocycles. The highest BCUT2D eigenvalue weighted by Crippen LogP contribution is 2.09. The van der Waals surface area contributed by atoms with E-state index in [4.69, 9.17) is 14.2 Å². The van der Waals surface area contributed by atoms with E-state index < -0.39 is 29.7 Å². The number of amides is 1. The molecule has 0 fully saturated rings. The van der Waals surface area contributed by atoms with Gasteiger partial charge >= 0.3 is 18.0 Å². The lowest BCUT2D eigenvalue weighted by Crippen LogP contribution is -2.44. The van der Waals surface area contributed by atoms with Gasteiger partial charge in [0.1, 0.15) is 18.2 Å². The van der Waals surface area contributed by atoms with Crippen molar-refractivity contribution in [2.24, 2.45) is 0 Å². The molecule has 0 heterocycles. The van der Waals surface area contributed by atoms with Gasteiger partial charge < -0.3 is 19.5 Å². The molecule has 144 valence electrons. The van der Waals surface area contributed by atoms with Crippen molar-refractivity contribution in [2.45, 2.75) is 58.8 Å². The third-order valence-corrected chi connectivity index (χ3v) is 3.14. The van der Waals surface area contributed by atoms with Gasteiger partial charge in [-0.05, 0) is 39.7 Å². The number of rotatable bonds is 8. The van der Waals surface area contributed by atoms with Crippen LogP contribution in [0.5, 0.6) is 0 Å². The van der Waals surface area contributed by atoms with Crippen LogP contribution in [0.4, 0.5) is 4.79 Å². The molecule has 0 aromatic heterocycles. The Morgan fingerprint density at radius 2 is 1.73 bits per heavy atom. The fourth-order valence-corrected chi connectivity index (χ4v) is 2.01. The standard InChI is InChI=1S/C19H27NO6/c1-5-24-17(22)15(20-18(23)26-19(2,3)4)11-12-16(21)25-13-14-9-7-6-8-10-14/h6-10,15H,5,11-13H2,1-4H3,(H,20,23). The van der Waals surface area contributed by atoms with Gasteiger partial charge in [-0.3, -0.25) is 4.79 Å². The maximum Gasteiger partial charge on any atom is 0.408 e. The summed E-state index contributed by atoms with van der Waals surface area (Å²) in [4.78, 5) is 35.8. The van der Waals surface area contributed by atoms with E-state index in [-0.39, 0.29) is 26.1 Å². The van der Waals surface area contributed by atoms with Crippen LogP contribution in [0, 0.1) is 0 Å². The van der Waals surface area contributed by atoms with E-state index in [0.717, 1.165) is 5.56 Å². The monoisotopic (exact) mass is 365 g/mol. The first-order valence-corrected chi connectivity index (χ1v) is 8.57. The summed E-state index contributed by atoms with van der Waals surface area (Å²) >= 11 is 0. The second-order valence-electron chi connectivity index (χ2n) is 6.64. The summed E-state index contributed by atoms with van der Waals surface area (Å²) < 4.78 is 15.2. The number of hydrogen-bond donors (Lipinski definition) is 1. The number of ether oxygens (including phenoxy) is 3. The van der Waals surface area contributed by atoms with Gasteiger partial charge in [-0.2, -0.15) is 0 Å². The van der Waals surface area contributed by atoms with Crippen molar-refractivity contribution in [3.05, 3.63) is 35.9 Å². The molecular weight excluding hydrogens is 338 g/mol. The third-order valence-electron chi connectivity index (χ3n) is 3.14. The van der Waals surface area contributed by atoms with Crippen LogP contribution in [-0.2, 0) is 30.4 Å². The summed E-state index contributed by atoms with van der Waals surface area (Å²) in [5, 5.41) is 2.44. The zero-order valence-corrected chi connectivity index (χ0v) is 15.7. The van der Waals surface area contributed by atoms with Gasteiger partial charge in [0, 0.05) is 6.42 Å². The lowest BCUT2D eigenvalue weighted by atomic mass is 10.1. The normalized spacial score (nSPS) is 12.0. The van der Waals surface area contributed by atoms with Gasteiger partial charge in [-0.15, -0.1) is 0 Å². The molecule has 1 atom stereocenters. The third kappa shape index (κ3) is 9.05. The van der Waals surface area contributed by atoms with E-state index in [1.807, 2.05) is 30.3 Å². The highest BCUT2D eigenvalue weighted by atomic mass is 16.6. The topological polar surface area (TPSA) is 90.9 Å². The van der Waals surface area contributed by atoms with E-state index in [1.54, 1.807) is 27.7 Å². The Balaban J connectivity index is 2.52. The molecule has 0 saturated carbocycles. The average molecular weight is 365 g/mol. The summed E-state index contributed by atoms with van der Waals surface area (Å²) in [6.45, 7) is 7.14. The molecule has 0 radical (unpaired) electrons. The van der Waals surface area contributed by atoms with Gasteiger partial charge in [0.05, 0.1) is 6.61 Å². The zero-order valence-electron chi connectivity index (χ0n) is 15.7. The van der Waals surface area contributed by atoms with Gasteiger partial charge in [0.15, 0.2) is 0 Å². The number of benzene rings is 1. The minimum absolute atomic E-state index is 0.0356. The molecule has 7 heteroatoms. The van der Waals surface area contributed by atoms with Crippen molar-refractivity contribution in [1.82, 2.24) is 5.32 Å². The van der Waals surface area contributed by atoms with Crippen molar-refractivity contribution >= 4 is 18.0 Å². The number of nitrogens with one attached hydrogen (secondary N) is 1. The fourth-order valence-electron chi connectivity index (χ4n) is 2.01. The zero-order chi connectivity index (χ0) is 19.6. The average Bonchev–Trinajstić information content (AvgIpc) is 2.56. The minimum atomic E-state index is -0.978. The molecule has 0 spiro atoms. The van der Waals surface area contributed by atoms with E-state index in [2.05, 4.69) is 5.32 Å². The van der Waals surface area contributed by atoms with Crippen molar-refractivity contribution in [3.8, 4) is 0 Å². The van der Waals surface area contributed by atoms with Crippen LogP contribution in [0.25, 0.3) is 0 Å². The largest absolute Gasteiger partial charge is 0.464 e. The first-order chi connectivity index (χ1) is 12.2. The number of carbonyl (C=O) groups is 3. The molecule has 1 rings (SSSR count). The molecule has 1 aromatic rings. The van der Waals surface area contributed by atoms with E-state index >= 15 is 0 Å². The van der Waals surface area contributed by atoms with Crippen LogP contribution in [0.1, 0.15) is 46.1 Å². The molecule has 1 unspecified atom stereocenters. The van der Waals surface area contributed by atoms with Crippen molar-refractivity contribution in [2.75, 3.05) is 6.61 Å². The predicted octanol–water partition coefficient (Wildman–Crippen LogP) is 2.97. The summed E-state index contributed by atoms with van der Waals surface area (Å²) in [7, 11) is 0. The maximum atomic E-state index is 12.0. The minimum Gasteiger partial charge on any atom is -0.464 e. The second kappa shape index (κ2) is 10.4. The molecule has 7 nitrogen and oxygen atoms in total. The van der Waals surface area contributed by atoms with Crippen LogP contribution < -0.4 is 5.32 Å². The van der Waals surface area contributed by atoms with E-state index in [9.17, 15) is 14.4 Å². The quantitative estimate of drug-likeness (QED) is 0.563. The Bertz CT molecular complexity index is 594. The fraction of sp³-hybridized carbons (Fsp3) is 0.526. The predicted molar refractivity (Wildman–Crippen MR) is 95.3 cm³/mol. The number of carbonyl (C=O) groups excluding carboxylic acids is 3. The Labute approximate surface area is 154 Å². The molecule has 0 bridgehead atoms. The van der Waals surface area contributed by atoms with Crippen LogP contribution in [0.3, 0.4) is 0 Å². The SMILES string of the molecule is CCOC(=O)C(CCC(=O)OCc1ccccc1)NC(=O)OC(C)(C)C. The van der Waals surface area contributed by atoms with Crippen LogP contribution in [0.2, 0.25) is 0 Å². The highest BCUT2D eigenvalue weighted by molar-refractivity contribution is 5.82. The van der Waals surface area contributed by atoms with Crippen LogP contribution >= 0.6 is 0 Å². The maximum absolute atomic E-state index is 12.0. The molecule has 0 aliphatic heterocycles. The van der Waals surface area contributed by atoms with Crippen molar-refractivity contribution in [1.29, 1.82) is 0 Å². The lowest BCUT2D eigenvalue weighted by molar-refractivity contribution is -0.147. The number of alkyl carbamates (subject to hydrolysis) is 1. The lowest BCUT2D eigenvalue weighted by Gasteiger charge is -2.22. The molecule has 26 heavy (non-hydrogen) atoms. The summed E-state index contributed by atoms with van der Waals surface area (Å²) in [5.41, 5.74) is 0.174. The molecule has 0 aliphatic rings. The van der Waals surface area contributed by atoms with Crippen LogP contribution in [-0.4, -0.2) is 36.3 Å². The van der Waals surface area contributed by atoms with E-state index in [0.29, 0.717) is 0 Å². The van der Waals surface area contributed by atoms with Crippen molar-refractivity contribution < 1.29 is 28.6 Å². The molecule has 1 N–H and O–H groups in total. The van der Waals surface area contributed by atoms with Crippen LogP contribution in [0.15, 0.2) is 30.3 Å². The Kier molecular flexibility index (Phi) is 8.61. The highest BCUT2D eigenvalue weighted by Gasteiger charge is 2.26. The second-order valence-corrected chi connectivity index (χ2v) is 6.64. The summed E-state index contributed by atoms with van der Waals surface area (Å²) in [6, 6.07) is 8.29. The van der Waals surface area contributed by atoms with Gasteiger partial charge in [0.25, 0.3) is 0 Å². The van der Waals surface area contributed by atoms with Crippen molar-refractivity contribution in [3.63, 3.8) is 0 Å². The van der Waals surface area contributed by atoms with E-state index in [1.165, 1.54) is 0 Å². The smallest absolute Gasteiger partial charge is 0.408 e.